The topological polar surface area (TPSA) is 105 Å². The number of nitrogens with one attached hydrogen (secondary N) is 1. The monoisotopic (exact) mass is 383 g/mol. The maximum absolute atomic E-state index is 12.4. The molecular weight excluding hydrogens is 367 g/mol. The van der Waals surface area contributed by atoms with Gasteiger partial charge in [-0.3, -0.25) is 4.79 Å². The van der Waals surface area contributed by atoms with Crippen LogP contribution in [0.15, 0.2) is 43.0 Å². The van der Waals surface area contributed by atoms with Gasteiger partial charge in [-0.15, -0.1) is 13.2 Å². The lowest BCUT2D eigenvalue weighted by molar-refractivity contribution is -0.274. The molecule has 2 aromatic rings. The van der Waals surface area contributed by atoms with Crippen LogP contribution in [-0.2, 0) is 0 Å². The van der Waals surface area contributed by atoms with Gasteiger partial charge in [-0.1, -0.05) is 0 Å². The highest BCUT2D eigenvalue weighted by Crippen LogP contribution is 2.35. The first-order chi connectivity index (χ1) is 12.7. The van der Waals surface area contributed by atoms with Crippen LogP contribution in [0, 0.1) is 0 Å². The van der Waals surface area contributed by atoms with E-state index < -0.39 is 42.2 Å². The van der Waals surface area contributed by atoms with Crippen LogP contribution in [0.5, 0.6) is 5.75 Å². The van der Waals surface area contributed by atoms with Crippen LogP contribution in [0.2, 0.25) is 0 Å². The van der Waals surface area contributed by atoms with E-state index in [9.17, 15) is 28.2 Å². The third kappa shape index (κ3) is 4.52. The summed E-state index contributed by atoms with van der Waals surface area (Å²) in [7, 11) is 0. The van der Waals surface area contributed by atoms with Crippen molar-refractivity contribution in [3.63, 3.8) is 0 Å². The number of aromatic nitrogens is 2. The molecule has 1 aromatic heterocycles. The minimum Gasteiger partial charge on any atom is -0.406 e. The number of hydrogen-bond acceptors (Lipinski definition) is 6. The highest BCUT2D eigenvalue weighted by Gasteiger charge is 2.43. The molecule has 1 aliphatic carbocycles. The Bertz CT molecular complexity index is 786. The molecule has 1 aliphatic rings. The summed E-state index contributed by atoms with van der Waals surface area (Å²) < 4.78 is 40.3. The predicted molar refractivity (Wildman–Crippen MR) is 85.8 cm³/mol. The Morgan fingerprint density at radius 3 is 2.37 bits per heavy atom. The Morgan fingerprint density at radius 1 is 1.15 bits per heavy atom. The Hall–Kier alpha value is -2.72. The van der Waals surface area contributed by atoms with E-state index >= 15 is 0 Å². The van der Waals surface area contributed by atoms with Gasteiger partial charge in [0, 0.05) is 23.9 Å². The summed E-state index contributed by atoms with van der Waals surface area (Å²) in [6.45, 7) is 0. The van der Waals surface area contributed by atoms with Crippen molar-refractivity contribution in [1.82, 2.24) is 15.3 Å². The van der Waals surface area contributed by atoms with Gasteiger partial charge in [-0.2, -0.15) is 0 Å². The summed E-state index contributed by atoms with van der Waals surface area (Å²) in [6, 6.07) is 3.59. The van der Waals surface area contributed by atoms with Crippen molar-refractivity contribution in [2.24, 2.45) is 0 Å². The lowest BCUT2D eigenvalue weighted by Gasteiger charge is -2.23. The lowest BCUT2D eigenvalue weighted by atomic mass is 9.95. The second-order valence-electron chi connectivity index (χ2n) is 6.14. The van der Waals surface area contributed by atoms with E-state index in [2.05, 4.69) is 20.0 Å². The molecule has 1 amide bonds. The van der Waals surface area contributed by atoms with Gasteiger partial charge >= 0.3 is 6.36 Å². The van der Waals surface area contributed by atoms with E-state index in [1.165, 1.54) is 30.9 Å². The molecule has 1 heterocycles. The number of alkyl halides is 3. The molecule has 0 aliphatic heterocycles. The summed E-state index contributed by atoms with van der Waals surface area (Å²) in [6.07, 6.45) is -2.45. The Balaban J connectivity index is 1.73. The first kappa shape index (κ1) is 19.1. The predicted octanol–water partition coefficient (Wildman–Crippen LogP) is 1.38. The summed E-state index contributed by atoms with van der Waals surface area (Å²) in [5, 5.41) is 22.8. The molecule has 0 spiro atoms. The lowest BCUT2D eigenvalue weighted by Crippen LogP contribution is -2.45. The van der Waals surface area contributed by atoms with Crippen LogP contribution in [0.4, 0.5) is 13.2 Å². The Kier molecular flexibility index (Phi) is 5.29. The van der Waals surface area contributed by atoms with E-state index in [1.807, 2.05) is 0 Å². The normalized spacial score (nSPS) is 25.2. The number of amides is 1. The van der Waals surface area contributed by atoms with Crippen LogP contribution < -0.4 is 10.1 Å². The highest BCUT2D eigenvalue weighted by molar-refractivity contribution is 5.94. The van der Waals surface area contributed by atoms with Crippen molar-refractivity contribution in [3.05, 3.63) is 54.1 Å². The summed E-state index contributed by atoms with van der Waals surface area (Å²) in [5.74, 6) is -1.46. The van der Waals surface area contributed by atoms with Crippen molar-refractivity contribution < 1.29 is 32.9 Å². The first-order valence-corrected chi connectivity index (χ1v) is 8.02. The molecule has 10 heteroatoms. The molecule has 0 radical (unpaired) electrons. The van der Waals surface area contributed by atoms with Gasteiger partial charge in [0.25, 0.3) is 5.91 Å². The SMILES string of the molecule is O=C(N[C@H]1[C@H](O)[C@H](O)C[C@@H]1c1cncnc1)c1ccc(OC(F)(F)F)cc1. The zero-order valence-electron chi connectivity index (χ0n) is 13.8. The molecule has 3 N–H and O–H groups in total. The van der Waals surface area contributed by atoms with E-state index in [4.69, 9.17) is 0 Å². The van der Waals surface area contributed by atoms with Gasteiger partial charge in [-0.05, 0) is 36.2 Å². The molecule has 144 valence electrons. The van der Waals surface area contributed by atoms with Gasteiger partial charge < -0.3 is 20.3 Å². The molecule has 1 saturated carbocycles. The number of benzene rings is 1. The highest BCUT2D eigenvalue weighted by atomic mass is 19.4. The van der Waals surface area contributed by atoms with Gasteiger partial charge in [0.15, 0.2) is 0 Å². The van der Waals surface area contributed by atoms with Crippen LogP contribution in [0.3, 0.4) is 0 Å². The standard InChI is InChI=1S/C17H16F3N3O4/c18-17(19,20)27-11-3-1-9(2-4-11)16(26)23-14-12(5-13(24)15(14)25)10-6-21-8-22-7-10/h1-4,6-8,12-15,24-25H,5H2,(H,23,26)/t12-,13-,14-,15-/m1/s1. The number of aliphatic hydroxyl groups excluding tert-OH is 2. The number of hydrogen-bond donors (Lipinski definition) is 3. The third-order valence-corrected chi connectivity index (χ3v) is 4.35. The number of halogens is 3. The summed E-state index contributed by atoms with van der Waals surface area (Å²) in [5.41, 5.74) is 0.730. The van der Waals surface area contributed by atoms with Crippen LogP contribution in [0.1, 0.15) is 28.3 Å². The summed E-state index contributed by atoms with van der Waals surface area (Å²) in [4.78, 5) is 20.2. The fraction of sp³-hybridized carbons (Fsp3) is 0.353. The van der Waals surface area contributed by atoms with Gasteiger partial charge in [-0.25, -0.2) is 9.97 Å². The first-order valence-electron chi connectivity index (χ1n) is 8.02. The molecule has 0 bridgehead atoms. The fourth-order valence-corrected chi connectivity index (χ4v) is 3.10. The molecule has 0 saturated heterocycles. The number of rotatable bonds is 4. The summed E-state index contributed by atoms with van der Waals surface area (Å²) >= 11 is 0. The Labute approximate surface area is 151 Å². The van der Waals surface area contributed by atoms with Crippen molar-refractivity contribution in [3.8, 4) is 5.75 Å². The zero-order chi connectivity index (χ0) is 19.6. The van der Waals surface area contributed by atoms with Crippen molar-refractivity contribution in [1.29, 1.82) is 0 Å². The minimum atomic E-state index is -4.82. The minimum absolute atomic E-state index is 0.0844. The number of ether oxygens (including phenoxy) is 1. The molecule has 7 nitrogen and oxygen atoms in total. The molecule has 27 heavy (non-hydrogen) atoms. The van der Waals surface area contributed by atoms with Crippen molar-refractivity contribution in [2.75, 3.05) is 0 Å². The quantitative estimate of drug-likeness (QED) is 0.737. The van der Waals surface area contributed by atoms with Crippen LogP contribution in [-0.4, -0.2) is 50.7 Å². The van der Waals surface area contributed by atoms with Crippen LogP contribution in [0.25, 0.3) is 0 Å². The number of nitrogens with zero attached hydrogens (tertiary/aromatic N) is 2. The second kappa shape index (κ2) is 7.49. The molecule has 1 aromatic carbocycles. The van der Waals surface area contributed by atoms with E-state index in [-0.39, 0.29) is 12.0 Å². The molecule has 3 rings (SSSR count). The smallest absolute Gasteiger partial charge is 0.406 e. The number of carbonyl (C=O) groups excluding carboxylic acids is 1. The zero-order valence-corrected chi connectivity index (χ0v) is 13.8. The van der Waals surface area contributed by atoms with E-state index in [0.29, 0.717) is 5.56 Å². The average Bonchev–Trinajstić information content (AvgIpc) is 2.90. The van der Waals surface area contributed by atoms with Gasteiger partial charge in [0.1, 0.15) is 18.2 Å². The maximum Gasteiger partial charge on any atom is 0.573 e. The van der Waals surface area contributed by atoms with Crippen molar-refractivity contribution >= 4 is 5.91 Å². The molecule has 0 unspecified atom stereocenters. The van der Waals surface area contributed by atoms with E-state index in [1.54, 1.807) is 0 Å². The number of aliphatic hydroxyl groups is 2. The molecular formula is C17H16F3N3O4. The molecule has 1 fully saturated rings. The average molecular weight is 383 g/mol. The van der Waals surface area contributed by atoms with Gasteiger partial charge in [0.05, 0.1) is 12.1 Å². The van der Waals surface area contributed by atoms with Crippen molar-refractivity contribution in [2.45, 2.75) is 37.0 Å². The van der Waals surface area contributed by atoms with Crippen LogP contribution >= 0.6 is 0 Å². The second-order valence-corrected chi connectivity index (χ2v) is 6.14. The maximum atomic E-state index is 12.4. The molecule has 4 atom stereocenters. The number of carbonyl (C=O) groups is 1. The fourth-order valence-electron chi connectivity index (χ4n) is 3.10. The Morgan fingerprint density at radius 2 is 1.78 bits per heavy atom. The largest absolute Gasteiger partial charge is 0.573 e. The third-order valence-electron chi connectivity index (χ3n) is 4.35. The van der Waals surface area contributed by atoms with E-state index in [0.717, 1.165) is 12.1 Å². The van der Waals surface area contributed by atoms with Gasteiger partial charge in [0.2, 0.25) is 0 Å².